The van der Waals surface area contributed by atoms with Crippen molar-refractivity contribution < 1.29 is 5.11 Å². The van der Waals surface area contributed by atoms with Gasteiger partial charge in [0.2, 0.25) is 0 Å². The summed E-state index contributed by atoms with van der Waals surface area (Å²) in [5.41, 5.74) is 0.305. The van der Waals surface area contributed by atoms with Gasteiger partial charge in [0, 0.05) is 13.0 Å². The fourth-order valence-corrected chi connectivity index (χ4v) is 1.81. The third-order valence-corrected chi connectivity index (χ3v) is 2.66. The summed E-state index contributed by atoms with van der Waals surface area (Å²) in [6, 6.07) is 0. The van der Waals surface area contributed by atoms with Crippen LogP contribution in [0.4, 0.5) is 0 Å². The van der Waals surface area contributed by atoms with E-state index in [-0.39, 0.29) is 6.61 Å². The predicted octanol–water partition coefficient (Wildman–Crippen LogP) is 0.743. The highest BCUT2D eigenvalue weighted by atomic mass is 16.3. The van der Waals surface area contributed by atoms with Gasteiger partial charge in [-0.3, -0.25) is 0 Å². The van der Waals surface area contributed by atoms with Crippen LogP contribution in [0.2, 0.25) is 0 Å². The Hall–Kier alpha value is -0.900. The van der Waals surface area contributed by atoms with Gasteiger partial charge in [-0.2, -0.15) is 0 Å². The molecule has 0 aliphatic carbocycles. The average molecular weight is 181 g/mol. The lowest BCUT2D eigenvalue weighted by atomic mass is 9.85. The number of hydrogen-bond acceptors (Lipinski definition) is 3. The topological polar surface area (TPSA) is 50.9 Å². The van der Waals surface area contributed by atoms with Crippen LogP contribution in [0.5, 0.6) is 0 Å². The Kier molecular flexibility index (Phi) is 1.87. The molecule has 1 aliphatic heterocycles. The second-order valence-corrected chi connectivity index (χ2v) is 4.44. The van der Waals surface area contributed by atoms with Crippen LogP contribution >= 0.6 is 0 Å². The van der Waals surface area contributed by atoms with Crippen LogP contribution in [0.1, 0.15) is 31.9 Å². The van der Waals surface area contributed by atoms with E-state index in [1.165, 1.54) is 0 Å². The van der Waals surface area contributed by atoms with Gasteiger partial charge in [0.1, 0.15) is 12.4 Å². The van der Waals surface area contributed by atoms with E-state index in [4.69, 9.17) is 5.11 Å². The lowest BCUT2D eigenvalue weighted by Crippen LogP contribution is -2.28. The van der Waals surface area contributed by atoms with Crippen LogP contribution in [0, 0.1) is 5.41 Å². The first-order valence-electron chi connectivity index (χ1n) is 4.64. The second-order valence-electron chi connectivity index (χ2n) is 4.44. The predicted molar refractivity (Wildman–Crippen MR) is 48.0 cm³/mol. The molecule has 0 unspecified atom stereocenters. The first-order valence-corrected chi connectivity index (χ1v) is 4.64. The van der Waals surface area contributed by atoms with Gasteiger partial charge in [-0.15, -0.1) is 10.2 Å². The first-order chi connectivity index (χ1) is 6.12. The molecule has 0 spiro atoms. The third-order valence-electron chi connectivity index (χ3n) is 2.66. The van der Waals surface area contributed by atoms with Gasteiger partial charge in [0.25, 0.3) is 0 Å². The van der Waals surface area contributed by atoms with Gasteiger partial charge in [-0.25, -0.2) is 0 Å². The molecule has 0 aromatic carbocycles. The minimum absolute atomic E-state index is 0.0108. The average Bonchev–Trinajstić information content (AvgIpc) is 2.44. The van der Waals surface area contributed by atoms with Crippen molar-refractivity contribution in [2.45, 2.75) is 39.8 Å². The van der Waals surface area contributed by atoms with Crippen LogP contribution in [0.15, 0.2) is 0 Å². The van der Waals surface area contributed by atoms with E-state index in [1.807, 2.05) is 4.57 Å². The molecule has 2 heterocycles. The Morgan fingerprint density at radius 1 is 1.46 bits per heavy atom. The highest BCUT2D eigenvalue weighted by molar-refractivity contribution is 5.00. The van der Waals surface area contributed by atoms with E-state index in [9.17, 15) is 0 Å². The maximum absolute atomic E-state index is 9.03. The molecule has 0 radical (unpaired) electrons. The normalized spacial score (nSPS) is 19.9. The van der Waals surface area contributed by atoms with E-state index in [0.717, 1.165) is 25.2 Å². The minimum Gasteiger partial charge on any atom is -0.388 e. The molecule has 1 aromatic rings. The number of aliphatic hydroxyl groups is 1. The SMILES string of the molecule is CC1(C)CCc2nnc(CO)n2C1. The van der Waals surface area contributed by atoms with Gasteiger partial charge >= 0.3 is 0 Å². The number of fused-ring (bicyclic) bond motifs is 1. The molecule has 72 valence electrons. The Labute approximate surface area is 77.6 Å². The number of nitrogens with zero attached hydrogens (tertiary/aromatic N) is 3. The molecule has 13 heavy (non-hydrogen) atoms. The number of aryl methyl sites for hydroxylation is 1. The van der Waals surface area contributed by atoms with Crippen LogP contribution in [0.3, 0.4) is 0 Å². The van der Waals surface area contributed by atoms with Crippen LogP contribution in [-0.2, 0) is 19.6 Å². The molecular formula is C9H15N3O. The Morgan fingerprint density at radius 2 is 2.23 bits per heavy atom. The van der Waals surface area contributed by atoms with E-state index >= 15 is 0 Å². The summed E-state index contributed by atoms with van der Waals surface area (Å²) in [5, 5.41) is 17.0. The summed E-state index contributed by atoms with van der Waals surface area (Å²) in [5.74, 6) is 1.71. The lowest BCUT2D eigenvalue weighted by molar-refractivity contribution is 0.220. The van der Waals surface area contributed by atoms with Gasteiger partial charge in [-0.05, 0) is 11.8 Å². The van der Waals surface area contributed by atoms with Crippen molar-refractivity contribution in [2.75, 3.05) is 0 Å². The largest absolute Gasteiger partial charge is 0.388 e. The highest BCUT2D eigenvalue weighted by Gasteiger charge is 2.27. The first kappa shape index (κ1) is 8.69. The maximum atomic E-state index is 9.03. The summed E-state index contributed by atoms with van der Waals surface area (Å²) in [6.07, 6.45) is 2.12. The van der Waals surface area contributed by atoms with Crippen molar-refractivity contribution in [2.24, 2.45) is 5.41 Å². The van der Waals surface area contributed by atoms with Crippen molar-refractivity contribution in [3.8, 4) is 0 Å². The Balaban J connectivity index is 2.36. The molecule has 1 aromatic heterocycles. The van der Waals surface area contributed by atoms with Gasteiger partial charge < -0.3 is 9.67 Å². The minimum atomic E-state index is -0.0108. The Bertz CT molecular complexity index is 303. The van der Waals surface area contributed by atoms with E-state index in [0.29, 0.717) is 11.2 Å². The highest BCUT2D eigenvalue weighted by Crippen LogP contribution is 2.30. The van der Waals surface area contributed by atoms with Crippen molar-refractivity contribution >= 4 is 0 Å². The summed E-state index contributed by atoms with van der Waals surface area (Å²) in [7, 11) is 0. The number of aromatic nitrogens is 3. The Morgan fingerprint density at radius 3 is 2.92 bits per heavy atom. The molecule has 0 saturated heterocycles. The van der Waals surface area contributed by atoms with Crippen LogP contribution in [0.25, 0.3) is 0 Å². The molecule has 0 atom stereocenters. The summed E-state index contributed by atoms with van der Waals surface area (Å²) >= 11 is 0. The number of aliphatic hydroxyl groups excluding tert-OH is 1. The van der Waals surface area contributed by atoms with Gasteiger partial charge in [-0.1, -0.05) is 13.8 Å². The molecule has 2 rings (SSSR count). The summed E-state index contributed by atoms with van der Waals surface area (Å²) in [6.45, 7) is 5.38. The van der Waals surface area contributed by atoms with E-state index in [1.54, 1.807) is 0 Å². The lowest BCUT2D eigenvalue weighted by Gasteiger charge is -2.30. The van der Waals surface area contributed by atoms with Crippen molar-refractivity contribution in [1.29, 1.82) is 0 Å². The third kappa shape index (κ3) is 1.46. The number of hydrogen-bond donors (Lipinski definition) is 1. The van der Waals surface area contributed by atoms with Crippen molar-refractivity contribution in [3.63, 3.8) is 0 Å². The smallest absolute Gasteiger partial charge is 0.158 e. The van der Waals surface area contributed by atoms with Crippen LogP contribution < -0.4 is 0 Å². The summed E-state index contributed by atoms with van der Waals surface area (Å²) < 4.78 is 2.05. The standard InChI is InChI=1S/C9H15N3O/c1-9(2)4-3-7-10-11-8(5-13)12(7)6-9/h13H,3-6H2,1-2H3. The molecule has 4 heteroatoms. The molecule has 4 nitrogen and oxygen atoms in total. The molecule has 1 aliphatic rings. The quantitative estimate of drug-likeness (QED) is 0.695. The van der Waals surface area contributed by atoms with Crippen molar-refractivity contribution in [3.05, 3.63) is 11.6 Å². The molecular weight excluding hydrogens is 166 g/mol. The monoisotopic (exact) mass is 181 g/mol. The molecule has 0 amide bonds. The zero-order chi connectivity index (χ0) is 9.47. The summed E-state index contributed by atoms with van der Waals surface area (Å²) in [4.78, 5) is 0. The fourth-order valence-electron chi connectivity index (χ4n) is 1.81. The number of rotatable bonds is 1. The zero-order valence-electron chi connectivity index (χ0n) is 8.12. The molecule has 1 N–H and O–H groups in total. The molecule has 0 bridgehead atoms. The van der Waals surface area contributed by atoms with E-state index in [2.05, 4.69) is 24.0 Å². The second kappa shape index (κ2) is 2.80. The molecule has 0 fully saturated rings. The van der Waals surface area contributed by atoms with Crippen molar-refractivity contribution in [1.82, 2.24) is 14.8 Å². The molecule has 0 saturated carbocycles. The zero-order valence-corrected chi connectivity index (χ0v) is 8.12. The maximum Gasteiger partial charge on any atom is 0.158 e. The van der Waals surface area contributed by atoms with Crippen LogP contribution in [-0.4, -0.2) is 19.9 Å². The van der Waals surface area contributed by atoms with Gasteiger partial charge in [0.15, 0.2) is 5.82 Å². The fraction of sp³-hybridized carbons (Fsp3) is 0.778. The van der Waals surface area contributed by atoms with E-state index < -0.39 is 0 Å². The van der Waals surface area contributed by atoms with Gasteiger partial charge in [0.05, 0.1) is 0 Å².